The molecule has 0 radical (unpaired) electrons. The lowest BCUT2D eigenvalue weighted by Crippen LogP contribution is -2.69. The number of nitrogens with zero attached hydrogens (tertiary/aromatic N) is 3. The molecule has 0 spiro atoms. The van der Waals surface area contributed by atoms with Crippen LogP contribution in [0.3, 0.4) is 0 Å². The van der Waals surface area contributed by atoms with Gasteiger partial charge in [-0.25, -0.2) is 14.8 Å². The normalized spacial score (nSPS) is 27.8. The number of aliphatic carboxylic acids is 1. The average Bonchev–Trinajstić information content (AvgIpc) is 3.78. The molecule has 2 aromatic rings. The first-order valence-electron chi connectivity index (χ1n) is 15.4. The monoisotopic (exact) mass is 710 g/mol. The van der Waals surface area contributed by atoms with Crippen LogP contribution in [0.1, 0.15) is 23.7 Å². The van der Waals surface area contributed by atoms with E-state index in [-0.39, 0.29) is 52.4 Å². The number of aliphatic hydroxyl groups is 6. The Balaban J connectivity index is 1.21. The smallest absolute Gasteiger partial charge is 0.336 e. The van der Waals surface area contributed by atoms with Crippen molar-refractivity contribution < 1.29 is 69.3 Å². The highest BCUT2D eigenvalue weighted by Gasteiger charge is 2.59. The predicted octanol–water partition coefficient (Wildman–Crippen LogP) is 0.0363. The molecule has 8 atom stereocenters. The lowest BCUT2D eigenvalue weighted by Gasteiger charge is -2.46. The van der Waals surface area contributed by atoms with Crippen LogP contribution >= 0.6 is 0 Å². The van der Waals surface area contributed by atoms with Crippen molar-refractivity contribution >= 4 is 35.3 Å². The molecule has 0 aliphatic carbocycles. The van der Waals surface area contributed by atoms with Crippen LogP contribution in [-0.4, -0.2) is 133 Å². The Morgan fingerprint density at radius 2 is 1.92 bits per heavy atom. The Kier molecular flexibility index (Phi) is 9.80. The van der Waals surface area contributed by atoms with Crippen molar-refractivity contribution in [3.05, 3.63) is 59.7 Å². The van der Waals surface area contributed by atoms with Crippen LogP contribution in [0.4, 0.5) is 0 Å². The fourth-order valence-corrected chi connectivity index (χ4v) is 6.00. The largest absolute Gasteiger partial charge is 0.507 e. The van der Waals surface area contributed by atoms with Gasteiger partial charge < -0.3 is 64.5 Å². The third kappa shape index (κ3) is 6.75. The van der Waals surface area contributed by atoms with Crippen molar-refractivity contribution in [1.29, 1.82) is 5.41 Å². The fourth-order valence-electron chi connectivity index (χ4n) is 6.00. The molecule has 0 saturated carbocycles. The number of carbonyl (C=O) groups is 1. The zero-order chi connectivity index (χ0) is 36.6. The van der Waals surface area contributed by atoms with Crippen LogP contribution in [0.2, 0.25) is 0 Å². The van der Waals surface area contributed by atoms with E-state index in [1.165, 1.54) is 49.9 Å². The maximum Gasteiger partial charge on any atom is 0.336 e. The molecular weight excluding hydrogens is 676 g/mol. The number of phenolic OH excluding ortho intramolecular Hbond substituents is 1. The number of carboxylic acids is 1. The summed E-state index contributed by atoms with van der Waals surface area (Å²) in [5.41, 5.74) is -1.77. The summed E-state index contributed by atoms with van der Waals surface area (Å²) in [4.78, 5) is 23.9. The molecule has 0 bridgehead atoms. The van der Waals surface area contributed by atoms with Crippen LogP contribution in [0.15, 0.2) is 63.5 Å². The molecule has 9 N–H and O–H groups in total. The fraction of sp³-hybridized carbons (Fsp3) is 0.364. The molecule has 4 aliphatic rings. The van der Waals surface area contributed by atoms with Gasteiger partial charge in [0.25, 0.3) is 0 Å². The van der Waals surface area contributed by atoms with Crippen LogP contribution in [-0.2, 0) is 9.53 Å². The molecule has 8 unspecified atom stereocenters. The van der Waals surface area contributed by atoms with Gasteiger partial charge in [0.15, 0.2) is 23.7 Å². The highest BCUT2D eigenvalue weighted by Crippen LogP contribution is 2.51. The number of phenols is 1. The van der Waals surface area contributed by atoms with Crippen molar-refractivity contribution in [2.75, 3.05) is 20.3 Å². The van der Waals surface area contributed by atoms with Crippen molar-refractivity contribution in [2.45, 2.75) is 54.9 Å². The van der Waals surface area contributed by atoms with E-state index < -0.39 is 79.0 Å². The molecule has 0 aromatic heterocycles. The van der Waals surface area contributed by atoms with Crippen molar-refractivity contribution in [2.24, 2.45) is 15.0 Å². The number of aromatic hydroxyl groups is 1. The Bertz CT molecular complexity index is 1860. The Morgan fingerprint density at radius 1 is 1.18 bits per heavy atom. The van der Waals surface area contributed by atoms with Gasteiger partial charge >= 0.3 is 5.97 Å². The van der Waals surface area contributed by atoms with Gasteiger partial charge in [0.2, 0.25) is 12.0 Å². The number of benzene rings is 2. The van der Waals surface area contributed by atoms with Crippen molar-refractivity contribution in [1.82, 2.24) is 0 Å². The first-order valence-corrected chi connectivity index (χ1v) is 15.4. The Hall–Kier alpha value is -5.37. The van der Waals surface area contributed by atoms with Crippen molar-refractivity contribution in [3.8, 4) is 28.7 Å². The minimum atomic E-state index is -2.51. The Labute approximate surface area is 288 Å². The number of amidine groups is 1. The summed E-state index contributed by atoms with van der Waals surface area (Å²) in [5.74, 6) is -3.29. The quantitative estimate of drug-likeness (QED) is 0.141. The van der Waals surface area contributed by atoms with E-state index in [0.717, 1.165) is 0 Å². The summed E-state index contributed by atoms with van der Waals surface area (Å²) in [7, 11) is 1.17. The second kappa shape index (κ2) is 14.1. The van der Waals surface area contributed by atoms with Gasteiger partial charge in [-0.05, 0) is 29.8 Å². The first-order chi connectivity index (χ1) is 24.3. The van der Waals surface area contributed by atoms with E-state index in [9.17, 15) is 45.6 Å². The zero-order valence-corrected chi connectivity index (χ0v) is 26.7. The molecule has 51 heavy (non-hydrogen) atoms. The van der Waals surface area contributed by atoms with E-state index in [0.29, 0.717) is 5.56 Å². The van der Waals surface area contributed by atoms with Crippen LogP contribution in [0.5, 0.6) is 28.7 Å². The van der Waals surface area contributed by atoms with E-state index in [4.69, 9.17) is 29.1 Å². The van der Waals surface area contributed by atoms with E-state index in [2.05, 4.69) is 15.0 Å². The summed E-state index contributed by atoms with van der Waals surface area (Å²) in [6.45, 7) is -0.496. The second-order valence-corrected chi connectivity index (χ2v) is 11.9. The first kappa shape index (κ1) is 35.5. The molecule has 1 fully saturated rings. The number of hydrogen-bond acceptors (Lipinski definition) is 16. The second-order valence-electron chi connectivity index (χ2n) is 11.9. The standard InChI is InChI=1S/C33H34N4O14/c1-47-28-21(50-32-27(42)29(43)33(46,30(51-32)31(44)45)10-15-11-35-13-36-15)9-20-24(26(28)41)18(39)8-19(49-20)14-2-4-16(5-3-14)48-22(12-38)25(40)17-6-7-23(34)37-17/h2-9,13,19,22,25,27,29-30,32,34,38-43,46H,10-12H2,1H3,(H,44,45). The molecular formula is C33H34N4O14. The van der Waals surface area contributed by atoms with Gasteiger partial charge in [-0.1, -0.05) is 12.1 Å². The average molecular weight is 711 g/mol. The van der Waals surface area contributed by atoms with Crippen LogP contribution < -0.4 is 18.9 Å². The number of carboxylic acid groups (broad SMARTS) is 1. The van der Waals surface area contributed by atoms with Gasteiger partial charge in [-0.15, -0.1) is 0 Å². The van der Waals surface area contributed by atoms with Gasteiger partial charge in [-0.3, -0.25) is 10.4 Å². The summed E-state index contributed by atoms with van der Waals surface area (Å²) < 4.78 is 28.3. The highest BCUT2D eigenvalue weighted by molar-refractivity contribution is 6.15. The third-order valence-corrected chi connectivity index (χ3v) is 8.59. The maximum absolute atomic E-state index is 12.2. The zero-order valence-electron chi connectivity index (χ0n) is 26.7. The van der Waals surface area contributed by atoms with Crippen LogP contribution in [0, 0.1) is 5.41 Å². The molecule has 2 aromatic carbocycles. The van der Waals surface area contributed by atoms with E-state index in [1.807, 2.05) is 0 Å². The molecule has 4 heterocycles. The van der Waals surface area contributed by atoms with E-state index >= 15 is 0 Å². The lowest BCUT2D eigenvalue weighted by atomic mass is 9.80. The van der Waals surface area contributed by atoms with E-state index in [1.54, 1.807) is 12.1 Å². The number of methoxy groups -OCH3 is 1. The predicted molar refractivity (Wildman–Crippen MR) is 176 cm³/mol. The molecule has 4 aliphatic heterocycles. The number of aliphatic imine (C=N–C) groups is 3. The number of ether oxygens (including phenoxy) is 5. The molecule has 18 heteroatoms. The number of hydrogen-bond donors (Lipinski definition) is 9. The minimum Gasteiger partial charge on any atom is -0.507 e. The molecule has 1 saturated heterocycles. The third-order valence-electron chi connectivity index (χ3n) is 8.59. The van der Waals surface area contributed by atoms with Gasteiger partial charge in [-0.2, -0.15) is 0 Å². The maximum atomic E-state index is 12.2. The summed E-state index contributed by atoms with van der Waals surface area (Å²) >= 11 is 0. The molecule has 270 valence electrons. The van der Waals surface area contributed by atoms with Gasteiger partial charge in [0.05, 0.1) is 26.0 Å². The molecule has 0 amide bonds. The number of fused-ring (bicyclic) bond motifs is 1. The minimum absolute atomic E-state index is 0.0404. The van der Waals surface area contributed by atoms with Crippen molar-refractivity contribution in [3.63, 3.8) is 0 Å². The molecule has 18 nitrogen and oxygen atoms in total. The summed E-state index contributed by atoms with van der Waals surface area (Å²) in [5, 5.41) is 92.9. The highest BCUT2D eigenvalue weighted by atomic mass is 16.7. The van der Waals surface area contributed by atoms with Gasteiger partial charge in [0.1, 0.15) is 65.0 Å². The number of aliphatic hydroxyl groups excluding tert-OH is 5. The summed E-state index contributed by atoms with van der Waals surface area (Å²) in [6.07, 6.45) is -6.56. The number of rotatable bonds is 12. The molecule has 6 rings (SSSR count). The van der Waals surface area contributed by atoms with Gasteiger partial charge in [0, 0.05) is 24.3 Å². The lowest BCUT2D eigenvalue weighted by molar-refractivity contribution is -0.303. The topological polar surface area (TPSA) is 286 Å². The number of nitrogens with one attached hydrogen (secondary N) is 1. The SMILES string of the molecule is COc1c(OC2OC(C(=O)O)C(O)(CC3=NC=NC3)C(O)C2O)cc2c(c1O)C(O)=CC(c1ccc(OC(CO)C(O)C3=NC(=N)C=C3)cc1)O2. The Morgan fingerprint density at radius 3 is 2.53 bits per heavy atom. The summed E-state index contributed by atoms with van der Waals surface area (Å²) in [6, 6.07) is 7.43. The van der Waals surface area contributed by atoms with Crippen LogP contribution in [0.25, 0.3) is 5.76 Å².